The lowest BCUT2D eigenvalue weighted by atomic mass is 10.1. The predicted molar refractivity (Wildman–Crippen MR) is 97.5 cm³/mol. The van der Waals surface area contributed by atoms with Crippen LogP contribution < -0.4 is 10.2 Å². The molecule has 0 aliphatic heterocycles. The lowest BCUT2D eigenvalue weighted by molar-refractivity contribution is 0.0954. The SMILES string of the molecule is CCC(=NNC(=O)c1ccc(OCC(C)C)cc1)c1ccccc1. The zero-order valence-electron chi connectivity index (χ0n) is 14.5. The molecule has 1 amide bonds. The smallest absolute Gasteiger partial charge is 0.271 e. The van der Waals surface area contributed by atoms with Gasteiger partial charge in [-0.05, 0) is 42.2 Å². The van der Waals surface area contributed by atoms with Crippen molar-refractivity contribution in [3.8, 4) is 5.75 Å². The van der Waals surface area contributed by atoms with Crippen LogP contribution in [0.1, 0.15) is 43.1 Å². The lowest BCUT2D eigenvalue weighted by Crippen LogP contribution is -2.20. The Balaban J connectivity index is 2.00. The second-order valence-electron chi connectivity index (χ2n) is 5.95. The molecular formula is C20H24N2O2. The van der Waals surface area contributed by atoms with Crippen molar-refractivity contribution < 1.29 is 9.53 Å². The Kier molecular flexibility index (Phi) is 6.55. The summed E-state index contributed by atoms with van der Waals surface area (Å²) in [6, 6.07) is 16.9. The summed E-state index contributed by atoms with van der Waals surface area (Å²) in [5.74, 6) is 1.00. The third-order valence-corrected chi connectivity index (χ3v) is 3.43. The lowest BCUT2D eigenvalue weighted by Gasteiger charge is -2.09. The summed E-state index contributed by atoms with van der Waals surface area (Å²) < 4.78 is 5.62. The third kappa shape index (κ3) is 5.23. The summed E-state index contributed by atoms with van der Waals surface area (Å²) >= 11 is 0. The quantitative estimate of drug-likeness (QED) is 0.611. The molecule has 0 saturated carbocycles. The Morgan fingerprint density at radius 3 is 2.29 bits per heavy atom. The zero-order chi connectivity index (χ0) is 17.4. The van der Waals surface area contributed by atoms with Crippen molar-refractivity contribution in [3.05, 3.63) is 65.7 Å². The summed E-state index contributed by atoms with van der Waals surface area (Å²) in [7, 11) is 0. The Hall–Kier alpha value is -2.62. The molecule has 0 saturated heterocycles. The van der Waals surface area contributed by atoms with Gasteiger partial charge in [-0.3, -0.25) is 4.79 Å². The minimum Gasteiger partial charge on any atom is -0.493 e. The summed E-state index contributed by atoms with van der Waals surface area (Å²) in [5, 5.41) is 4.26. The molecule has 0 aliphatic carbocycles. The summed E-state index contributed by atoms with van der Waals surface area (Å²) in [4.78, 5) is 12.2. The number of nitrogens with one attached hydrogen (secondary N) is 1. The van der Waals surface area contributed by atoms with Crippen molar-refractivity contribution in [2.24, 2.45) is 11.0 Å². The highest BCUT2D eigenvalue weighted by Crippen LogP contribution is 2.13. The van der Waals surface area contributed by atoms with Crippen molar-refractivity contribution >= 4 is 11.6 Å². The molecule has 0 bridgehead atoms. The highest BCUT2D eigenvalue weighted by molar-refractivity contribution is 6.02. The molecule has 0 unspecified atom stereocenters. The summed E-state index contributed by atoms with van der Waals surface area (Å²) in [6.45, 7) is 6.86. The molecular weight excluding hydrogens is 300 g/mol. The molecule has 0 fully saturated rings. The van der Waals surface area contributed by atoms with E-state index in [0.717, 1.165) is 23.4 Å². The molecule has 0 aromatic heterocycles. The number of carbonyl (C=O) groups excluding carboxylic acids is 1. The minimum atomic E-state index is -0.229. The van der Waals surface area contributed by atoms with Gasteiger partial charge >= 0.3 is 0 Å². The maximum Gasteiger partial charge on any atom is 0.271 e. The molecule has 126 valence electrons. The molecule has 0 heterocycles. The van der Waals surface area contributed by atoms with Gasteiger partial charge in [0, 0.05) is 5.56 Å². The number of hydrazone groups is 1. The number of amides is 1. The number of benzene rings is 2. The molecule has 2 rings (SSSR count). The van der Waals surface area contributed by atoms with Gasteiger partial charge in [0.25, 0.3) is 5.91 Å². The topological polar surface area (TPSA) is 50.7 Å². The number of rotatable bonds is 7. The molecule has 0 radical (unpaired) electrons. The molecule has 0 aliphatic rings. The fourth-order valence-electron chi connectivity index (χ4n) is 2.13. The van der Waals surface area contributed by atoms with Gasteiger partial charge in [0.05, 0.1) is 12.3 Å². The molecule has 1 N–H and O–H groups in total. The van der Waals surface area contributed by atoms with E-state index in [9.17, 15) is 4.79 Å². The number of carbonyl (C=O) groups is 1. The Morgan fingerprint density at radius 2 is 1.71 bits per heavy atom. The third-order valence-electron chi connectivity index (χ3n) is 3.43. The van der Waals surface area contributed by atoms with Crippen molar-refractivity contribution in [1.29, 1.82) is 0 Å². The molecule has 2 aromatic carbocycles. The average molecular weight is 324 g/mol. The van der Waals surface area contributed by atoms with Crippen molar-refractivity contribution in [3.63, 3.8) is 0 Å². The minimum absolute atomic E-state index is 0.229. The fourth-order valence-corrected chi connectivity index (χ4v) is 2.13. The predicted octanol–water partition coefficient (Wildman–Crippen LogP) is 4.27. The Bertz CT molecular complexity index is 677. The van der Waals surface area contributed by atoms with Gasteiger partial charge in [-0.15, -0.1) is 0 Å². The molecule has 2 aromatic rings. The van der Waals surface area contributed by atoms with Crippen LogP contribution in [-0.4, -0.2) is 18.2 Å². The Morgan fingerprint density at radius 1 is 1.04 bits per heavy atom. The van der Waals surface area contributed by atoms with E-state index in [1.807, 2.05) is 37.3 Å². The highest BCUT2D eigenvalue weighted by Gasteiger charge is 2.07. The van der Waals surface area contributed by atoms with Crippen LogP contribution >= 0.6 is 0 Å². The van der Waals surface area contributed by atoms with E-state index in [4.69, 9.17) is 4.74 Å². The number of hydrogen-bond donors (Lipinski definition) is 1. The zero-order valence-corrected chi connectivity index (χ0v) is 14.5. The van der Waals surface area contributed by atoms with E-state index in [-0.39, 0.29) is 5.91 Å². The second kappa shape index (κ2) is 8.87. The van der Waals surface area contributed by atoms with Crippen LogP contribution in [0.15, 0.2) is 59.7 Å². The van der Waals surface area contributed by atoms with Crippen molar-refractivity contribution in [2.75, 3.05) is 6.61 Å². The normalized spacial score (nSPS) is 11.4. The van der Waals surface area contributed by atoms with Gasteiger partial charge in [-0.25, -0.2) is 5.43 Å². The van der Waals surface area contributed by atoms with Gasteiger partial charge in [0.2, 0.25) is 0 Å². The van der Waals surface area contributed by atoms with E-state index >= 15 is 0 Å². The van der Waals surface area contributed by atoms with E-state index in [0.29, 0.717) is 18.1 Å². The molecule has 4 heteroatoms. The van der Waals surface area contributed by atoms with Crippen molar-refractivity contribution in [2.45, 2.75) is 27.2 Å². The van der Waals surface area contributed by atoms with Crippen molar-refractivity contribution in [1.82, 2.24) is 5.43 Å². The van der Waals surface area contributed by atoms with E-state index < -0.39 is 0 Å². The first-order valence-corrected chi connectivity index (χ1v) is 8.25. The molecule has 0 spiro atoms. The van der Waals surface area contributed by atoms with Crippen LogP contribution in [-0.2, 0) is 0 Å². The Labute approximate surface area is 143 Å². The average Bonchev–Trinajstić information content (AvgIpc) is 2.61. The molecule has 4 nitrogen and oxygen atoms in total. The first kappa shape index (κ1) is 17.7. The first-order chi connectivity index (χ1) is 11.6. The molecule has 0 atom stereocenters. The van der Waals surface area contributed by atoms with Gasteiger partial charge in [0.1, 0.15) is 5.75 Å². The van der Waals surface area contributed by atoms with Crippen LogP contribution in [0.25, 0.3) is 0 Å². The van der Waals surface area contributed by atoms with Crippen LogP contribution in [0.3, 0.4) is 0 Å². The second-order valence-corrected chi connectivity index (χ2v) is 5.95. The van der Waals surface area contributed by atoms with Gasteiger partial charge in [0.15, 0.2) is 0 Å². The van der Waals surface area contributed by atoms with E-state index in [2.05, 4.69) is 24.4 Å². The van der Waals surface area contributed by atoms with Crippen LogP contribution in [0.5, 0.6) is 5.75 Å². The van der Waals surface area contributed by atoms with Crippen LogP contribution in [0.4, 0.5) is 0 Å². The highest BCUT2D eigenvalue weighted by atomic mass is 16.5. The fraction of sp³-hybridized carbons (Fsp3) is 0.300. The summed E-state index contributed by atoms with van der Waals surface area (Å²) in [6.07, 6.45) is 0.742. The number of ether oxygens (including phenoxy) is 1. The van der Waals surface area contributed by atoms with E-state index in [1.165, 1.54) is 0 Å². The largest absolute Gasteiger partial charge is 0.493 e. The van der Waals surface area contributed by atoms with Gasteiger partial charge in [-0.1, -0.05) is 51.1 Å². The van der Waals surface area contributed by atoms with Crippen LogP contribution in [0, 0.1) is 5.92 Å². The van der Waals surface area contributed by atoms with Gasteiger partial charge in [-0.2, -0.15) is 5.10 Å². The monoisotopic (exact) mass is 324 g/mol. The maximum atomic E-state index is 12.2. The first-order valence-electron chi connectivity index (χ1n) is 8.25. The van der Waals surface area contributed by atoms with Gasteiger partial charge < -0.3 is 4.74 Å². The van der Waals surface area contributed by atoms with Crippen LogP contribution in [0.2, 0.25) is 0 Å². The maximum absolute atomic E-state index is 12.2. The summed E-state index contributed by atoms with van der Waals surface area (Å²) in [5.41, 5.74) is 5.04. The van der Waals surface area contributed by atoms with E-state index in [1.54, 1.807) is 24.3 Å². The number of hydrogen-bond acceptors (Lipinski definition) is 3. The number of nitrogens with zero attached hydrogens (tertiary/aromatic N) is 1. The standard InChI is InChI=1S/C20H24N2O2/c1-4-19(16-8-6-5-7-9-16)21-22-20(23)17-10-12-18(13-11-17)24-14-15(2)3/h5-13,15H,4,14H2,1-3H3,(H,22,23). The molecule has 24 heavy (non-hydrogen) atoms.